The molecule has 22 aliphatic rings. The number of nitrogens with zero attached hydrogens (tertiary/aromatic N) is 2. The van der Waals surface area contributed by atoms with E-state index in [1.54, 1.807) is 0 Å². The van der Waals surface area contributed by atoms with E-state index in [4.69, 9.17) is 18.9 Å². The zero-order valence-electron chi connectivity index (χ0n) is 40.5. The van der Waals surface area contributed by atoms with Gasteiger partial charge in [-0.25, -0.2) is 0 Å². The average molecular weight is 921 g/mol. The van der Waals surface area contributed by atoms with Gasteiger partial charge in [0.05, 0.1) is 17.0 Å². The number of allylic oxidation sites excluding steroid dienone is 6. The van der Waals surface area contributed by atoms with Crippen molar-refractivity contribution in [2.75, 3.05) is 0 Å². The van der Waals surface area contributed by atoms with Crippen molar-refractivity contribution < 1.29 is 23.7 Å². The summed E-state index contributed by atoms with van der Waals surface area (Å²) in [5.41, 5.74) is 4.51. The van der Waals surface area contributed by atoms with Crippen LogP contribution in [0.3, 0.4) is 0 Å². The first-order valence-electron chi connectivity index (χ1n) is 29.5. The number of hydrogen-bond acceptors (Lipinski definition) is 7. The zero-order valence-corrected chi connectivity index (χ0v) is 40.5. The number of fused-ring (bicyclic) bond motifs is 4. The van der Waals surface area contributed by atoms with Gasteiger partial charge in [-0.3, -0.25) is 0 Å². The monoisotopic (exact) mass is 921 g/mol. The summed E-state index contributed by atoms with van der Waals surface area (Å²) in [4.78, 5) is 15.5. The molecule has 0 spiro atoms. The van der Waals surface area contributed by atoms with Crippen molar-refractivity contribution in [2.45, 2.75) is 190 Å². The number of hydrogen-bond donors (Lipinski definition) is 0. The third-order valence-corrected chi connectivity index (χ3v) is 25.3. The van der Waals surface area contributed by atoms with E-state index in [2.05, 4.69) is 12.2 Å². The predicted octanol–water partition coefficient (Wildman–Crippen LogP) is 12.3. The Morgan fingerprint density at radius 2 is 0.794 bits per heavy atom. The predicted molar refractivity (Wildman–Crippen MR) is 254 cm³/mol. The van der Waals surface area contributed by atoms with Gasteiger partial charge in [0.25, 0.3) is 11.4 Å². The average Bonchev–Trinajstić information content (AvgIpc) is 3.88. The topological polar surface area (TPSA) is 83.3 Å². The van der Waals surface area contributed by atoms with E-state index in [1.165, 1.54) is 128 Å². The molecule has 68 heavy (non-hydrogen) atoms. The van der Waals surface area contributed by atoms with Crippen LogP contribution in [0.25, 0.3) is 0 Å². The summed E-state index contributed by atoms with van der Waals surface area (Å²) in [6.07, 6.45) is 38.0. The summed E-state index contributed by atoms with van der Waals surface area (Å²) < 4.78 is 32.7. The van der Waals surface area contributed by atoms with Gasteiger partial charge in [-0.15, -0.1) is 0 Å². The van der Waals surface area contributed by atoms with Gasteiger partial charge in [-0.1, -0.05) is 6.08 Å². The fourth-order valence-corrected chi connectivity index (χ4v) is 24.7. The van der Waals surface area contributed by atoms with E-state index < -0.39 is 23.8 Å². The molecule has 18 aliphatic carbocycles. The summed E-state index contributed by atoms with van der Waals surface area (Å²) in [5, 5.41) is 16.7. The largest absolute Gasteiger partial charge is 0.754 e. The molecule has 362 valence electrons. The van der Waals surface area contributed by atoms with Gasteiger partial charge in [0.15, 0.2) is 17.7 Å². The highest BCUT2D eigenvalue weighted by molar-refractivity contribution is 5.48. The summed E-state index contributed by atoms with van der Waals surface area (Å²) in [7, 11) is 0. The first kappa shape index (κ1) is 40.4. The standard InChI is InChI=1S/C60H76N2O6/c63-61-47(5-1-37-3-7-49-57(55(37)61)67-59(65-49,51-39-13-29-9-30(15-39)16-40(51)14-29)52-41-17-31-10-32(19-41)20-42(52)18-31)48-6-2-38-4-8-50-58(56(38)62(48)64)68-60(66-50,53-43-21-33-11-34(23-43)24-44(53)22-33)54-45-25-35-12-36(27-45)28-46(54)26-35/h1-2,5-6,29-36,39-46,49-54,57-58H,3-4,7-28H2/t29?,30?,31?,32?,33?,34?,35?,36?,39?,40?,41?,42?,43?,44?,45?,46?,49-,50-,51?,52?,53?,54?,57-,58-,59?,60?/m0/s1. The van der Waals surface area contributed by atoms with Crippen LogP contribution in [0.4, 0.5) is 0 Å². The number of ether oxygens (including phenoxy) is 4. The molecule has 8 nitrogen and oxygen atoms in total. The van der Waals surface area contributed by atoms with E-state index >= 15 is 10.1 Å². The molecule has 22 rings (SSSR count). The lowest BCUT2D eigenvalue weighted by Crippen LogP contribution is -2.64. The van der Waals surface area contributed by atoms with Gasteiger partial charge in [-0.05, 0) is 267 Å². The molecule has 18 fully saturated rings. The molecule has 4 aliphatic heterocycles. The maximum absolute atomic E-state index is 15.5. The minimum Gasteiger partial charge on any atom is -0.754 e. The molecule has 16 saturated carbocycles. The van der Waals surface area contributed by atoms with Gasteiger partial charge in [-0.2, -0.15) is 0 Å². The molecule has 0 amide bonds. The molecule has 0 aromatic rings. The van der Waals surface area contributed by atoms with Crippen LogP contribution in [0.2, 0.25) is 0 Å². The third kappa shape index (κ3) is 5.32. The Hall–Kier alpha value is -2.10. The Morgan fingerprint density at radius 3 is 1.21 bits per heavy atom. The minimum absolute atomic E-state index is 0.122. The van der Waals surface area contributed by atoms with Crippen molar-refractivity contribution in [3.63, 3.8) is 0 Å². The molecule has 0 radical (unpaired) electrons. The molecule has 16 bridgehead atoms. The second-order valence-electron chi connectivity index (χ2n) is 28.6. The summed E-state index contributed by atoms with van der Waals surface area (Å²) in [6, 6.07) is 0. The van der Waals surface area contributed by atoms with Crippen LogP contribution < -0.4 is 0 Å². The Morgan fingerprint density at radius 1 is 0.441 bits per heavy atom. The van der Waals surface area contributed by atoms with E-state index in [0.29, 0.717) is 82.4 Å². The third-order valence-electron chi connectivity index (χ3n) is 25.3. The van der Waals surface area contributed by atoms with Crippen molar-refractivity contribution in [1.82, 2.24) is 5.06 Å². The van der Waals surface area contributed by atoms with Gasteiger partial charge in [0.1, 0.15) is 11.8 Å². The van der Waals surface area contributed by atoms with E-state index in [0.717, 1.165) is 105 Å². The molecule has 0 unspecified atom stereocenters. The summed E-state index contributed by atoms with van der Waals surface area (Å²) in [6.45, 7) is 0. The highest BCUT2D eigenvalue weighted by Crippen LogP contribution is 2.71. The molecule has 0 N–H and O–H groups in total. The van der Waals surface area contributed by atoms with Crippen LogP contribution in [-0.4, -0.2) is 45.8 Å². The zero-order chi connectivity index (χ0) is 44.1. The molecule has 4 atom stereocenters. The number of hydroxylamine groups is 2. The van der Waals surface area contributed by atoms with Crippen LogP contribution in [0, 0.1) is 128 Å². The van der Waals surface area contributed by atoms with Gasteiger partial charge >= 0.3 is 0 Å². The fourth-order valence-electron chi connectivity index (χ4n) is 24.7. The van der Waals surface area contributed by atoms with E-state index in [-0.39, 0.29) is 12.2 Å². The van der Waals surface area contributed by atoms with Crippen molar-refractivity contribution in [3.05, 3.63) is 68.4 Å². The highest BCUT2D eigenvalue weighted by Gasteiger charge is 2.72. The quantitative estimate of drug-likeness (QED) is 0.260. The normalized spacial score (nSPS) is 60.0. The van der Waals surface area contributed by atoms with Gasteiger partial charge < -0.3 is 29.2 Å². The fraction of sp³-hybridized carbons (Fsp3) is 0.833. The summed E-state index contributed by atoms with van der Waals surface area (Å²) in [5.74, 6) is 13.1. The van der Waals surface area contributed by atoms with Crippen molar-refractivity contribution in [2.24, 2.45) is 118 Å². The Kier molecular flexibility index (Phi) is 8.28. The van der Waals surface area contributed by atoms with Crippen molar-refractivity contribution >= 4 is 0 Å². The van der Waals surface area contributed by atoms with Crippen LogP contribution in [0.15, 0.2) is 58.2 Å². The first-order chi connectivity index (χ1) is 33.3. The van der Waals surface area contributed by atoms with Crippen molar-refractivity contribution in [3.8, 4) is 0 Å². The van der Waals surface area contributed by atoms with Crippen LogP contribution in [0.1, 0.15) is 154 Å². The molecule has 0 aromatic heterocycles. The van der Waals surface area contributed by atoms with Crippen LogP contribution >= 0.6 is 0 Å². The Balaban J connectivity index is 0.690. The molecular weight excluding hydrogens is 845 g/mol. The van der Waals surface area contributed by atoms with Crippen molar-refractivity contribution in [1.29, 1.82) is 0 Å². The maximum Gasteiger partial charge on any atom is 0.285 e. The van der Waals surface area contributed by atoms with Crippen LogP contribution in [0.5, 0.6) is 0 Å². The highest BCUT2D eigenvalue weighted by atomic mass is 16.8. The lowest BCUT2D eigenvalue weighted by molar-refractivity contribution is -0.458. The summed E-state index contributed by atoms with van der Waals surface area (Å²) >= 11 is 0. The molecule has 4 heterocycles. The SMILES string of the molecule is O=[N+]1C(=C2C=CC3=C([C@H]4OC(C5C6CC7CC(C6)CC5C7)(C5C6CC7CC(C6)CC5C7)O[C@H]4CC3)N2[O-])C=CC2=C1[C@H]1OC(C3C4CC5CC(C4)CC3C5)(C3C4CC5CC(C4)CC3C5)O[C@H]1CC2. The second-order valence-corrected chi connectivity index (χ2v) is 28.6. The molecule has 0 aromatic carbocycles. The smallest absolute Gasteiger partial charge is 0.285 e. The Labute approximate surface area is 404 Å². The Bertz CT molecular complexity index is 2210. The van der Waals surface area contributed by atoms with Gasteiger partial charge in [0.2, 0.25) is 0 Å². The maximum atomic E-state index is 15.5. The lowest BCUT2D eigenvalue weighted by Gasteiger charge is -2.64. The minimum atomic E-state index is -0.606. The first-order valence-corrected chi connectivity index (χ1v) is 29.5. The second kappa shape index (κ2) is 13.9. The molecular formula is C60H76N2O6. The molecule has 2 saturated heterocycles. The lowest BCUT2D eigenvalue weighted by atomic mass is 9.44. The van der Waals surface area contributed by atoms with E-state index in [9.17, 15) is 0 Å². The molecule has 8 heteroatoms. The number of rotatable bonds is 4. The number of nitroso groups, excluding NO2 is 1. The van der Waals surface area contributed by atoms with Gasteiger partial charge in [0, 0.05) is 45.9 Å². The van der Waals surface area contributed by atoms with Crippen LogP contribution in [-0.2, 0) is 18.9 Å². The van der Waals surface area contributed by atoms with E-state index in [1.807, 2.05) is 12.2 Å².